The van der Waals surface area contributed by atoms with Crippen LogP contribution in [0.3, 0.4) is 0 Å². The smallest absolute Gasteiger partial charge is 0.462 e. The lowest BCUT2D eigenvalue weighted by atomic mass is 9.99. The number of esters is 4. The molecule has 0 saturated carbocycles. The first-order valence-corrected chi connectivity index (χ1v) is 45.7. The Kier molecular flexibility index (Phi) is 70.6. The molecule has 0 aromatic heterocycles. The Morgan fingerprint density at radius 1 is 0.275 bits per heavy atom. The minimum atomic E-state index is -4.96. The van der Waals surface area contributed by atoms with Crippen molar-refractivity contribution in [3.05, 3.63) is 0 Å². The van der Waals surface area contributed by atoms with E-state index in [1.54, 1.807) is 0 Å². The molecule has 0 radical (unpaired) electrons. The number of rotatable bonds is 80. The van der Waals surface area contributed by atoms with Crippen LogP contribution in [0, 0.1) is 23.7 Å². The standard InChI is InChI=1S/C83H162O17P2/c1-9-76(8)62-54-46-38-30-24-26-34-42-50-58-66-83(88)100-79(70-94-81(86)64-56-48-40-32-25-23-29-37-45-53-61-75(6)7)72-98-102(91,92)96-68-77(84)67-95-101(89,90)97-71-78(69-93-80(85)63-55-47-39-31-22-18-20-28-36-44-52-60-74(4)5)99-82(87)65-57-49-41-33-21-17-15-13-11-10-12-14-16-19-27-35-43-51-59-73(2)3/h73-79,84H,9-72H2,1-8H3,(H,89,90)(H,91,92)/t76?,77-,78-,79-/m1/s1. The summed E-state index contributed by atoms with van der Waals surface area (Å²) >= 11 is 0. The SMILES string of the molecule is CCC(C)CCCCCCCCCCCCC(=O)O[C@H](COC(=O)CCCCCCCCCCCCC(C)C)COP(=O)(O)OC[C@H](O)COP(=O)(O)OC[C@@H](COC(=O)CCCCCCCCCCCCCC(C)C)OC(=O)CCCCCCCCCCCCCCCCCCCCC(C)C. The van der Waals surface area contributed by atoms with Gasteiger partial charge in [-0.25, -0.2) is 9.13 Å². The highest BCUT2D eigenvalue weighted by molar-refractivity contribution is 7.47. The van der Waals surface area contributed by atoms with Gasteiger partial charge in [0.25, 0.3) is 0 Å². The molecular formula is C83H162O17P2. The zero-order valence-corrected chi connectivity index (χ0v) is 69.0. The van der Waals surface area contributed by atoms with Crippen molar-refractivity contribution in [2.75, 3.05) is 39.6 Å². The molecule has 606 valence electrons. The molecule has 0 aliphatic carbocycles. The van der Waals surface area contributed by atoms with E-state index < -0.39 is 97.5 Å². The number of aliphatic hydroxyl groups excluding tert-OH is 1. The first-order valence-electron chi connectivity index (χ1n) is 42.7. The predicted octanol–water partition coefficient (Wildman–Crippen LogP) is 24.8. The summed E-state index contributed by atoms with van der Waals surface area (Å²) in [5, 5.41) is 10.7. The number of phosphoric ester groups is 2. The maximum absolute atomic E-state index is 13.1. The van der Waals surface area contributed by atoms with Gasteiger partial charge in [-0.2, -0.15) is 0 Å². The molecule has 19 heteroatoms. The molecule has 0 amide bonds. The van der Waals surface area contributed by atoms with Crippen molar-refractivity contribution in [1.29, 1.82) is 0 Å². The monoisotopic (exact) mass is 1490 g/mol. The van der Waals surface area contributed by atoms with E-state index in [0.717, 1.165) is 114 Å². The quantitative estimate of drug-likeness (QED) is 0.0222. The van der Waals surface area contributed by atoms with Crippen molar-refractivity contribution in [3.63, 3.8) is 0 Å². The lowest BCUT2D eigenvalue weighted by Crippen LogP contribution is -2.30. The summed E-state index contributed by atoms with van der Waals surface area (Å²) in [4.78, 5) is 73.1. The Balaban J connectivity index is 5.25. The van der Waals surface area contributed by atoms with Crippen LogP contribution in [0.1, 0.15) is 428 Å². The van der Waals surface area contributed by atoms with E-state index in [0.29, 0.717) is 25.7 Å². The molecule has 0 heterocycles. The van der Waals surface area contributed by atoms with E-state index in [1.165, 1.54) is 231 Å². The van der Waals surface area contributed by atoms with Gasteiger partial charge in [-0.05, 0) is 49.4 Å². The van der Waals surface area contributed by atoms with E-state index in [2.05, 4.69) is 55.4 Å². The van der Waals surface area contributed by atoms with Crippen molar-refractivity contribution >= 4 is 39.5 Å². The zero-order chi connectivity index (χ0) is 75.3. The molecule has 102 heavy (non-hydrogen) atoms. The minimum Gasteiger partial charge on any atom is -0.462 e. The van der Waals surface area contributed by atoms with Crippen molar-refractivity contribution < 1.29 is 80.2 Å². The number of ether oxygens (including phenoxy) is 4. The van der Waals surface area contributed by atoms with Crippen LogP contribution < -0.4 is 0 Å². The Morgan fingerprint density at radius 2 is 0.471 bits per heavy atom. The third kappa shape index (κ3) is 74.9. The Hall–Kier alpha value is -1.94. The van der Waals surface area contributed by atoms with Gasteiger partial charge < -0.3 is 33.8 Å². The summed E-state index contributed by atoms with van der Waals surface area (Å²) in [7, 11) is -9.93. The van der Waals surface area contributed by atoms with Crippen LogP contribution in [0.2, 0.25) is 0 Å². The molecule has 17 nitrogen and oxygen atoms in total. The second-order valence-corrected chi connectivity index (χ2v) is 34.4. The van der Waals surface area contributed by atoms with Crippen LogP contribution in [0.15, 0.2) is 0 Å². The second-order valence-electron chi connectivity index (χ2n) is 31.5. The van der Waals surface area contributed by atoms with Gasteiger partial charge in [0.1, 0.15) is 19.3 Å². The van der Waals surface area contributed by atoms with Gasteiger partial charge in [0, 0.05) is 25.7 Å². The fraction of sp³-hybridized carbons (Fsp3) is 0.952. The molecule has 6 atom stereocenters. The van der Waals surface area contributed by atoms with Crippen LogP contribution in [-0.2, 0) is 65.4 Å². The predicted molar refractivity (Wildman–Crippen MR) is 418 cm³/mol. The van der Waals surface area contributed by atoms with E-state index >= 15 is 0 Å². The van der Waals surface area contributed by atoms with Gasteiger partial charge >= 0.3 is 39.5 Å². The molecule has 0 rings (SSSR count). The number of phosphoric acid groups is 2. The molecule has 0 aliphatic heterocycles. The molecule has 0 aliphatic rings. The fourth-order valence-corrected chi connectivity index (χ4v) is 14.3. The van der Waals surface area contributed by atoms with Gasteiger partial charge in [-0.15, -0.1) is 0 Å². The van der Waals surface area contributed by atoms with Crippen LogP contribution in [0.25, 0.3) is 0 Å². The van der Waals surface area contributed by atoms with Gasteiger partial charge in [-0.1, -0.05) is 376 Å². The lowest BCUT2D eigenvalue weighted by molar-refractivity contribution is -0.161. The van der Waals surface area contributed by atoms with E-state index in [4.69, 9.17) is 37.0 Å². The van der Waals surface area contributed by atoms with E-state index in [-0.39, 0.29) is 25.7 Å². The lowest BCUT2D eigenvalue weighted by Gasteiger charge is -2.21. The molecule has 0 aromatic carbocycles. The topological polar surface area (TPSA) is 237 Å². The maximum Gasteiger partial charge on any atom is 0.472 e. The highest BCUT2D eigenvalue weighted by atomic mass is 31.2. The maximum atomic E-state index is 13.1. The number of aliphatic hydroxyl groups is 1. The number of carbonyl (C=O) groups is 4. The molecule has 3 N–H and O–H groups in total. The normalized spacial score (nSPS) is 14.3. The molecule has 0 bridgehead atoms. The van der Waals surface area contributed by atoms with Crippen LogP contribution in [-0.4, -0.2) is 96.7 Å². The fourth-order valence-electron chi connectivity index (χ4n) is 12.8. The van der Waals surface area contributed by atoms with Crippen molar-refractivity contribution in [1.82, 2.24) is 0 Å². The number of hydrogen-bond donors (Lipinski definition) is 3. The molecular weight excluding hydrogens is 1330 g/mol. The summed E-state index contributed by atoms with van der Waals surface area (Å²) in [6.45, 7) is 14.3. The summed E-state index contributed by atoms with van der Waals surface area (Å²) in [6.07, 6.45) is 59.6. The molecule has 0 spiro atoms. The van der Waals surface area contributed by atoms with Crippen LogP contribution in [0.5, 0.6) is 0 Å². The summed E-state index contributed by atoms with van der Waals surface area (Å²) in [5.74, 6) is 1.04. The molecule has 0 aromatic rings. The van der Waals surface area contributed by atoms with Crippen LogP contribution >= 0.6 is 15.6 Å². The van der Waals surface area contributed by atoms with Gasteiger partial charge in [0.05, 0.1) is 26.4 Å². The molecule has 0 fully saturated rings. The van der Waals surface area contributed by atoms with Crippen molar-refractivity contribution in [2.45, 2.75) is 446 Å². The minimum absolute atomic E-state index is 0.106. The second kappa shape index (κ2) is 72.0. The third-order valence-electron chi connectivity index (χ3n) is 19.7. The molecule has 0 saturated heterocycles. The largest absolute Gasteiger partial charge is 0.472 e. The first-order chi connectivity index (χ1) is 49.1. The first kappa shape index (κ1) is 100. The van der Waals surface area contributed by atoms with Crippen LogP contribution in [0.4, 0.5) is 0 Å². The van der Waals surface area contributed by atoms with E-state index in [1.807, 2.05) is 0 Å². The highest BCUT2D eigenvalue weighted by Crippen LogP contribution is 2.45. The average molecular weight is 1490 g/mol. The number of carbonyl (C=O) groups excluding carboxylic acids is 4. The van der Waals surface area contributed by atoms with Gasteiger partial charge in [0.2, 0.25) is 0 Å². The third-order valence-corrected chi connectivity index (χ3v) is 21.6. The highest BCUT2D eigenvalue weighted by Gasteiger charge is 2.30. The summed E-state index contributed by atoms with van der Waals surface area (Å²) in [5.41, 5.74) is 0. The molecule has 3 unspecified atom stereocenters. The van der Waals surface area contributed by atoms with Gasteiger partial charge in [0.15, 0.2) is 12.2 Å². The Bertz CT molecular complexity index is 1990. The van der Waals surface area contributed by atoms with E-state index in [9.17, 15) is 43.2 Å². The van der Waals surface area contributed by atoms with Crippen molar-refractivity contribution in [3.8, 4) is 0 Å². The Morgan fingerprint density at radius 3 is 0.696 bits per heavy atom. The number of hydrogen-bond acceptors (Lipinski definition) is 15. The summed E-state index contributed by atoms with van der Waals surface area (Å²) in [6, 6.07) is 0. The number of unbranched alkanes of at least 4 members (excludes halogenated alkanes) is 45. The Labute approximate surface area is 626 Å². The summed E-state index contributed by atoms with van der Waals surface area (Å²) < 4.78 is 68.8. The van der Waals surface area contributed by atoms with Crippen molar-refractivity contribution in [2.24, 2.45) is 23.7 Å². The van der Waals surface area contributed by atoms with Gasteiger partial charge in [-0.3, -0.25) is 37.3 Å². The zero-order valence-electron chi connectivity index (χ0n) is 67.2. The average Bonchev–Trinajstić information content (AvgIpc) is 0.925.